The molecule has 0 spiro atoms. The Morgan fingerprint density at radius 2 is 1.81 bits per heavy atom. The molecule has 0 saturated carbocycles. The van der Waals surface area contributed by atoms with E-state index in [1.54, 1.807) is 18.2 Å². The number of rotatable bonds is 5. The topological polar surface area (TPSA) is 38.3 Å². The van der Waals surface area contributed by atoms with E-state index in [0.29, 0.717) is 16.6 Å². The van der Waals surface area contributed by atoms with Crippen molar-refractivity contribution in [3.63, 3.8) is 0 Å². The van der Waals surface area contributed by atoms with Gasteiger partial charge in [0, 0.05) is 34.7 Å². The lowest BCUT2D eigenvalue weighted by Gasteiger charge is -2.40. The molecule has 0 unspecified atom stereocenters. The van der Waals surface area contributed by atoms with Gasteiger partial charge in [-0.1, -0.05) is 29.8 Å². The first-order valence-corrected chi connectivity index (χ1v) is 9.80. The van der Waals surface area contributed by atoms with Crippen LogP contribution in [0.15, 0.2) is 42.5 Å². The predicted octanol–water partition coefficient (Wildman–Crippen LogP) is 4.66. The molecule has 0 aromatic heterocycles. The summed E-state index contributed by atoms with van der Waals surface area (Å²) in [5.41, 5.74) is 3.45. The molecule has 5 heteroatoms. The molecule has 0 bridgehead atoms. The fourth-order valence-electron chi connectivity index (χ4n) is 3.73. The molecule has 0 atom stereocenters. The van der Waals surface area contributed by atoms with Crippen LogP contribution in [0.5, 0.6) is 0 Å². The summed E-state index contributed by atoms with van der Waals surface area (Å²) in [6, 6.07) is 14.1. The second-order valence-electron chi connectivity index (χ2n) is 7.84. The van der Waals surface area contributed by atoms with Crippen LogP contribution >= 0.6 is 11.6 Å². The second kappa shape index (κ2) is 8.42. The Balaban J connectivity index is 1.64. The lowest BCUT2D eigenvalue weighted by Crippen LogP contribution is -2.50. The average Bonchev–Trinajstić information content (AvgIpc) is 2.66. The molecule has 1 N–H and O–H groups in total. The van der Waals surface area contributed by atoms with E-state index < -0.39 is 0 Å². The molecular formula is C22H28ClN2O2+. The van der Waals surface area contributed by atoms with Gasteiger partial charge in [-0.25, -0.2) is 0 Å². The van der Waals surface area contributed by atoms with E-state index >= 15 is 0 Å². The second-order valence-corrected chi connectivity index (χ2v) is 8.25. The number of nitrogens with zero attached hydrogens (tertiary/aromatic N) is 1. The number of nitrogens with one attached hydrogen (secondary N) is 1. The monoisotopic (exact) mass is 387 g/mol. The summed E-state index contributed by atoms with van der Waals surface area (Å²) in [6.45, 7) is 4.55. The van der Waals surface area contributed by atoms with Gasteiger partial charge in [-0.2, -0.15) is 0 Å². The van der Waals surface area contributed by atoms with Crippen molar-refractivity contribution in [1.29, 1.82) is 0 Å². The number of carbonyl (C=O) groups is 1. The number of quaternary nitrogens is 1. The van der Waals surface area contributed by atoms with Crippen molar-refractivity contribution in [2.24, 2.45) is 0 Å². The van der Waals surface area contributed by atoms with Crippen LogP contribution in [0.3, 0.4) is 0 Å². The molecule has 1 aliphatic rings. The van der Waals surface area contributed by atoms with Crippen molar-refractivity contribution in [3.05, 3.63) is 64.2 Å². The van der Waals surface area contributed by atoms with Crippen LogP contribution in [-0.2, 0) is 11.3 Å². The standard InChI is InChI=1S/C22H27ClN2O2/c1-16-20(5-4-6-21(16)23)22(26)24-18-9-7-17(8-10-18)15-25(2,3)19-11-13-27-14-12-19/h4-10,19H,11-15H2,1-3H3/p+1. The molecule has 1 saturated heterocycles. The zero-order valence-electron chi connectivity index (χ0n) is 16.3. The number of halogens is 1. The highest BCUT2D eigenvalue weighted by atomic mass is 35.5. The Labute approximate surface area is 166 Å². The fraction of sp³-hybridized carbons (Fsp3) is 0.409. The normalized spacial score (nSPS) is 15.6. The third-order valence-electron chi connectivity index (χ3n) is 5.49. The summed E-state index contributed by atoms with van der Waals surface area (Å²) < 4.78 is 6.45. The Morgan fingerprint density at radius 1 is 1.15 bits per heavy atom. The van der Waals surface area contributed by atoms with E-state index in [-0.39, 0.29) is 5.91 Å². The minimum atomic E-state index is -0.138. The Hall–Kier alpha value is -1.88. The number of ether oxygens (including phenoxy) is 1. The third-order valence-corrected chi connectivity index (χ3v) is 5.90. The highest BCUT2D eigenvalue weighted by molar-refractivity contribution is 6.32. The minimum absolute atomic E-state index is 0.138. The van der Waals surface area contributed by atoms with Gasteiger partial charge in [-0.05, 0) is 36.8 Å². The number of carbonyl (C=O) groups excluding carboxylic acids is 1. The number of hydrogen-bond acceptors (Lipinski definition) is 2. The molecule has 0 aliphatic carbocycles. The first kappa shape index (κ1) is 19.9. The molecule has 2 aromatic rings. The molecule has 1 heterocycles. The number of amides is 1. The number of benzene rings is 2. The van der Waals surface area contributed by atoms with E-state index in [2.05, 4.69) is 31.5 Å². The molecule has 1 amide bonds. The summed E-state index contributed by atoms with van der Waals surface area (Å²) >= 11 is 6.12. The fourth-order valence-corrected chi connectivity index (χ4v) is 3.90. The number of anilines is 1. The van der Waals surface area contributed by atoms with Crippen LogP contribution in [0.4, 0.5) is 5.69 Å². The SMILES string of the molecule is Cc1c(Cl)cccc1C(=O)Nc1ccc(C[N+](C)(C)C2CCOCC2)cc1. The minimum Gasteiger partial charge on any atom is -0.381 e. The van der Waals surface area contributed by atoms with Gasteiger partial charge in [0.25, 0.3) is 5.91 Å². The molecule has 144 valence electrons. The van der Waals surface area contributed by atoms with Crippen LogP contribution in [0, 0.1) is 6.92 Å². The van der Waals surface area contributed by atoms with Crippen molar-refractivity contribution in [1.82, 2.24) is 0 Å². The van der Waals surface area contributed by atoms with Gasteiger partial charge in [0.1, 0.15) is 6.54 Å². The quantitative estimate of drug-likeness (QED) is 0.758. The molecule has 0 radical (unpaired) electrons. The number of hydrogen-bond donors (Lipinski definition) is 1. The average molecular weight is 388 g/mol. The van der Waals surface area contributed by atoms with Crippen molar-refractivity contribution in [2.75, 3.05) is 32.6 Å². The largest absolute Gasteiger partial charge is 0.381 e. The van der Waals surface area contributed by atoms with Crippen LogP contribution < -0.4 is 5.32 Å². The van der Waals surface area contributed by atoms with Crippen LogP contribution in [0.2, 0.25) is 5.02 Å². The Morgan fingerprint density at radius 3 is 2.48 bits per heavy atom. The van der Waals surface area contributed by atoms with Gasteiger partial charge in [0.05, 0.1) is 33.4 Å². The molecule has 1 aliphatic heterocycles. The maximum atomic E-state index is 12.5. The van der Waals surface area contributed by atoms with Crippen molar-refractivity contribution in [3.8, 4) is 0 Å². The van der Waals surface area contributed by atoms with Gasteiger partial charge < -0.3 is 14.5 Å². The van der Waals surface area contributed by atoms with E-state index in [1.807, 2.05) is 19.1 Å². The molecular weight excluding hydrogens is 360 g/mol. The molecule has 4 nitrogen and oxygen atoms in total. The highest BCUT2D eigenvalue weighted by Crippen LogP contribution is 2.23. The zero-order valence-corrected chi connectivity index (χ0v) is 17.1. The first-order valence-electron chi connectivity index (χ1n) is 9.42. The Bertz CT molecular complexity index is 796. The third kappa shape index (κ3) is 4.89. The zero-order chi connectivity index (χ0) is 19.4. The Kier molecular flexibility index (Phi) is 6.20. The van der Waals surface area contributed by atoms with Gasteiger partial charge in [0.15, 0.2) is 0 Å². The lowest BCUT2D eigenvalue weighted by atomic mass is 10.0. The summed E-state index contributed by atoms with van der Waals surface area (Å²) in [5.74, 6) is -0.138. The van der Waals surface area contributed by atoms with Crippen molar-refractivity contribution < 1.29 is 14.0 Å². The smallest absolute Gasteiger partial charge is 0.255 e. The van der Waals surface area contributed by atoms with E-state index in [9.17, 15) is 4.79 Å². The van der Waals surface area contributed by atoms with E-state index in [0.717, 1.165) is 48.3 Å². The maximum absolute atomic E-state index is 12.5. The predicted molar refractivity (Wildman–Crippen MR) is 110 cm³/mol. The van der Waals surface area contributed by atoms with Gasteiger partial charge in [0.2, 0.25) is 0 Å². The van der Waals surface area contributed by atoms with Crippen LogP contribution in [0.1, 0.15) is 34.3 Å². The molecule has 27 heavy (non-hydrogen) atoms. The summed E-state index contributed by atoms with van der Waals surface area (Å²) in [7, 11) is 4.57. The summed E-state index contributed by atoms with van der Waals surface area (Å²) in [6.07, 6.45) is 2.22. The molecule has 3 rings (SSSR count). The maximum Gasteiger partial charge on any atom is 0.255 e. The van der Waals surface area contributed by atoms with Crippen molar-refractivity contribution >= 4 is 23.2 Å². The van der Waals surface area contributed by atoms with Crippen LogP contribution in [-0.4, -0.2) is 43.7 Å². The lowest BCUT2D eigenvalue weighted by molar-refractivity contribution is -0.929. The van der Waals surface area contributed by atoms with Crippen LogP contribution in [0.25, 0.3) is 0 Å². The first-order chi connectivity index (χ1) is 12.9. The van der Waals surface area contributed by atoms with E-state index in [4.69, 9.17) is 16.3 Å². The molecule has 2 aromatic carbocycles. The van der Waals surface area contributed by atoms with Crippen molar-refractivity contribution in [2.45, 2.75) is 32.4 Å². The highest BCUT2D eigenvalue weighted by Gasteiger charge is 2.30. The van der Waals surface area contributed by atoms with Gasteiger partial charge >= 0.3 is 0 Å². The molecule has 1 fully saturated rings. The summed E-state index contributed by atoms with van der Waals surface area (Å²) in [5, 5.41) is 3.56. The van der Waals surface area contributed by atoms with Gasteiger partial charge in [-0.3, -0.25) is 4.79 Å². The van der Waals surface area contributed by atoms with Gasteiger partial charge in [-0.15, -0.1) is 0 Å². The summed E-state index contributed by atoms with van der Waals surface area (Å²) in [4.78, 5) is 12.5. The van der Waals surface area contributed by atoms with E-state index in [1.165, 1.54) is 5.56 Å².